The number of aldehydes is 1. The van der Waals surface area contributed by atoms with Crippen molar-refractivity contribution < 1.29 is 19.8 Å². The van der Waals surface area contributed by atoms with E-state index in [9.17, 15) is 19.8 Å². The van der Waals surface area contributed by atoms with Crippen molar-refractivity contribution in [3.63, 3.8) is 0 Å². The van der Waals surface area contributed by atoms with Gasteiger partial charge in [0.05, 0.1) is 5.56 Å². The SMILES string of the molecule is O=Cc1cccc(CC(=O)c2cc(O)ccc2O)c1. The number of Topliss-reactive ketones (excluding diaryl/α,β-unsaturated/α-hetero) is 1. The summed E-state index contributed by atoms with van der Waals surface area (Å²) in [5.41, 5.74) is 1.24. The molecule has 0 fully saturated rings. The number of phenols is 2. The Hall–Kier alpha value is -2.62. The molecule has 4 nitrogen and oxygen atoms in total. The molecule has 0 aliphatic rings. The molecule has 0 saturated heterocycles. The minimum absolute atomic E-state index is 0.0543. The van der Waals surface area contributed by atoms with Crippen LogP contribution in [0.4, 0.5) is 0 Å². The van der Waals surface area contributed by atoms with E-state index in [0.717, 1.165) is 0 Å². The van der Waals surface area contributed by atoms with Crippen LogP contribution in [0.5, 0.6) is 11.5 Å². The zero-order chi connectivity index (χ0) is 13.8. The second kappa shape index (κ2) is 5.35. The van der Waals surface area contributed by atoms with Crippen molar-refractivity contribution in [3.05, 3.63) is 59.2 Å². The Bertz CT molecular complexity index is 632. The minimum Gasteiger partial charge on any atom is -0.508 e. The summed E-state index contributed by atoms with van der Waals surface area (Å²) >= 11 is 0. The van der Waals surface area contributed by atoms with Gasteiger partial charge in [-0.2, -0.15) is 0 Å². The normalized spacial score (nSPS) is 10.1. The summed E-state index contributed by atoms with van der Waals surface area (Å²) < 4.78 is 0. The molecular weight excluding hydrogens is 244 g/mol. The van der Waals surface area contributed by atoms with Gasteiger partial charge in [0.2, 0.25) is 0 Å². The Morgan fingerprint density at radius 2 is 1.89 bits per heavy atom. The lowest BCUT2D eigenvalue weighted by atomic mass is 10.0. The average molecular weight is 256 g/mol. The quantitative estimate of drug-likeness (QED) is 0.500. The van der Waals surface area contributed by atoms with Crippen LogP contribution >= 0.6 is 0 Å². The lowest BCUT2D eigenvalue weighted by Gasteiger charge is -2.05. The molecule has 0 aliphatic heterocycles. The van der Waals surface area contributed by atoms with E-state index in [1.165, 1.54) is 18.2 Å². The molecule has 0 spiro atoms. The van der Waals surface area contributed by atoms with Crippen LogP contribution in [0.25, 0.3) is 0 Å². The Kier molecular flexibility index (Phi) is 3.61. The number of phenolic OH excluding ortho intramolecular Hbond substituents is 2. The average Bonchev–Trinajstić information content (AvgIpc) is 2.41. The maximum atomic E-state index is 12.0. The molecule has 0 bridgehead atoms. The summed E-state index contributed by atoms with van der Waals surface area (Å²) in [4.78, 5) is 22.7. The molecule has 0 saturated carbocycles. The van der Waals surface area contributed by atoms with Gasteiger partial charge in [0, 0.05) is 12.0 Å². The number of hydrogen-bond donors (Lipinski definition) is 2. The van der Waals surface area contributed by atoms with Crippen molar-refractivity contribution >= 4 is 12.1 Å². The van der Waals surface area contributed by atoms with Gasteiger partial charge < -0.3 is 10.2 Å². The molecule has 96 valence electrons. The van der Waals surface area contributed by atoms with Gasteiger partial charge in [-0.25, -0.2) is 0 Å². The fourth-order valence-electron chi connectivity index (χ4n) is 1.80. The highest BCUT2D eigenvalue weighted by molar-refractivity contribution is 6.00. The van der Waals surface area contributed by atoms with E-state index in [1.807, 2.05) is 0 Å². The molecule has 0 radical (unpaired) electrons. The molecule has 0 amide bonds. The van der Waals surface area contributed by atoms with Crippen LogP contribution in [0.3, 0.4) is 0 Å². The standard InChI is InChI=1S/C15H12O4/c16-9-11-3-1-2-10(6-11)7-15(19)13-8-12(17)4-5-14(13)18/h1-6,8-9,17-18H,7H2. The fraction of sp³-hybridized carbons (Fsp3) is 0.0667. The van der Waals surface area contributed by atoms with E-state index in [0.29, 0.717) is 17.4 Å². The van der Waals surface area contributed by atoms with Crippen LogP contribution < -0.4 is 0 Å². The third-order valence-corrected chi connectivity index (χ3v) is 2.73. The molecule has 0 aromatic heterocycles. The van der Waals surface area contributed by atoms with E-state index >= 15 is 0 Å². The lowest BCUT2D eigenvalue weighted by molar-refractivity contribution is 0.0989. The molecule has 0 heterocycles. The molecule has 2 aromatic carbocycles. The third kappa shape index (κ3) is 2.98. The van der Waals surface area contributed by atoms with Crippen LogP contribution in [0.2, 0.25) is 0 Å². The molecule has 0 unspecified atom stereocenters. The lowest BCUT2D eigenvalue weighted by Crippen LogP contribution is -2.04. The summed E-state index contributed by atoms with van der Waals surface area (Å²) in [7, 11) is 0. The van der Waals surface area contributed by atoms with Crippen LogP contribution in [-0.2, 0) is 6.42 Å². The second-order valence-corrected chi connectivity index (χ2v) is 4.16. The van der Waals surface area contributed by atoms with Crippen molar-refractivity contribution in [2.75, 3.05) is 0 Å². The Morgan fingerprint density at radius 3 is 2.63 bits per heavy atom. The van der Waals surface area contributed by atoms with Gasteiger partial charge >= 0.3 is 0 Å². The summed E-state index contributed by atoms with van der Waals surface area (Å²) in [5, 5.41) is 18.9. The van der Waals surface area contributed by atoms with Gasteiger partial charge in [-0.1, -0.05) is 18.2 Å². The number of carbonyl (C=O) groups is 2. The van der Waals surface area contributed by atoms with E-state index in [-0.39, 0.29) is 29.3 Å². The number of hydrogen-bond acceptors (Lipinski definition) is 4. The van der Waals surface area contributed by atoms with Crippen LogP contribution in [-0.4, -0.2) is 22.3 Å². The van der Waals surface area contributed by atoms with Gasteiger partial charge in [0.25, 0.3) is 0 Å². The van der Waals surface area contributed by atoms with Crippen molar-refractivity contribution in [2.45, 2.75) is 6.42 Å². The predicted octanol–water partition coefficient (Wildman–Crippen LogP) is 2.34. The predicted molar refractivity (Wildman–Crippen MR) is 69.6 cm³/mol. The van der Waals surface area contributed by atoms with Crippen molar-refractivity contribution in [1.82, 2.24) is 0 Å². The van der Waals surface area contributed by atoms with Crippen molar-refractivity contribution in [2.24, 2.45) is 0 Å². The Morgan fingerprint density at radius 1 is 1.11 bits per heavy atom. The molecular formula is C15H12O4. The molecule has 2 rings (SSSR count). The van der Waals surface area contributed by atoms with Gasteiger partial charge in [-0.3, -0.25) is 9.59 Å². The van der Waals surface area contributed by atoms with Gasteiger partial charge in [0.15, 0.2) is 5.78 Å². The van der Waals surface area contributed by atoms with Crippen molar-refractivity contribution in [1.29, 1.82) is 0 Å². The topological polar surface area (TPSA) is 74.6 Å². The summed E-state index contributed by atoms with van der Waals surface area (Å²) in [6, 6.07) is 10.5. The number of benzene rings is 2. The molecule has 4 heteroatoms. The monoisotopic (exact) mass is 256 g/mol. The van der Waals surface area contributed by atoms with E-state index in [1.54, 1.807) is 24.3 Å². The molecule has 19 heavy (non-hydrogen) atoms. The number of carbonyl (C=O) groups excluding carboxylic acids is 2. The smallest absolute Gasteiger partial charge is 0.171 e. The summed E-state index contributed by atoms with van der Waals surface area (Å²) in [6.45, 7) is 0. The first-order valence-corrected chi connectivity index (χ1v) is 5.69. The molecule has 0 atom stereocenters. The Balaban J connectivity index is 2.25. The van der Waals surface area contributed by atoms with Crippen molar-refractivity contribution in [3.8, 4) is 11.5 Å². The highest BCUT2D eigenvalue weighted by Crippen LogP contribution is 2.23. The maximum absolute atomic E-state index is 12.0. The fourth-order valence-corrected chi connectivity index (χ4v) is 1.80. The summed E-state index contributed by atoms with van der Waals surface area (Å²) in [5.74, 6) is -0.575. The first-order chi connectivity index (χ1) is 9.10. The van der Waals surface area contributed by atoms with E-state index in [2.05, 4.69) is 0 Å². The zero-order valence-electron chi connectivity index (χ0n) is 10.0. The highest BCUT2D eigenvalue weighted by atomic mass is 16.3. The molecule has 0 aliphatic carbocycles. The first kappa shape index (κ1) is 12.8. The first-order valence-electron chi connectivity index (χ1n) is 5.69. The molecule has 2 N–H and O–H groups in total. The summed E-state index contributed by atoms with van der Waals surface area (Å²) in [6.07, 6.45) is 0.762. The van der Waals surface area contributed by atoms with Crippen LogP contribution in [0.15, 0.2) is 42.5 Å². The number of rotatable bonds is 4. The van der Waals surface area contributed by atoms with Crippen LogP contribution in [0.1, 0.15) is 26.3 Å². The highest BCUT2D eigenvalue weighted by Gasteiger charge is 2.12. The van der Waals surface area contributed by atoms with E-state index in [4.69, 9.17) is 0 Å². The van der Waals surface area contributed by atoms with E-state index < -0.39 is 0 Å². The second-order valence-electron chi connectivity index (χ2n) is 4.16. The molecule has 2 aromatic rings. The largest absolute Gasteiger partial charge is 0.508 e. The third-order valence-electron chi connectivity index (χ3n) is 2.73. The maximum Gasteiger partial charge on any atom is 0.171 e. The van der Waals surface area contributed by atoms with Gasteiger partial charge in [-0.05, 0) is 29.8 Å². The zero-order valence-corrected chi connectivity index (χ0v) is 10.0. The van der Waals surface area contributed by atoms with Gasteiger partial charge in [0.1, 0.15) is 17.8 Å². The number of aromatic hydroxyl groups is 2. The Labute approximate surface area is 109 Å². The number of ketones is 1. The minimum atomic E-state index is -0.323. The van der Waals surface area contributed by atoms with Crippen LogP contribution in [0, 0.1) is 0 Å². The van der Waals surface area contributed by atoms with Gasteiger partial charge in [-0.15, -0.1) is 0 Å².